The van der Waals surface area contributed by atoms with E-state index in [-0.39, 0.29) is 12.3 Å². The number of ether oxygens (including phenoxy) is 1. The molecule has 0 N–H and O–H groups in total. The molecule has 54 valence electrons. The van der Waals surface area contributed by atoms with Crippen LogP contribution in [0, 0.1) is 0 Å². The van der Waals surface area contributed by atoms with E-state index in [1.807, 2.05) is 0 Å². The minimum atomic E-state index is -0.689. The Morgan fingerprint density at radius 3 is 2.80 bits per heavy atom. The van der Waals surface area contributed by atoms with E-state index in [9.17, 15) is 9.59 Å². The normalized spacial score (nSPS) is 7.70. The van der Waals surface area contributed by atoms with Gasteiger partial charge in [-0.05, 0) is 6.92 Å². The molecule has 0 aliphatic rings. The van der Waals surface area contributed by atoms with E-state index >= 15 is 0 Å². The Hall–Kier alpha value is -1.41. The summed E-state index contributed by atoms with van der Waals surface area (Å²) >= 11 is 0. The number of carbonyl (C=O) groups is 1. The maximum absolute atomic E-state index is 10.5. The minimum absolute atomic E-state index is 0.225. The van der Waals surface area contributed by atoms with Crippen molar-refractivity contribution < 1.29 is 14.3 Å². The predicted molar refractivity (Wildman–Crippen MR) is 33.9 cm³/mol. The predicted octanol–water partition coefficient (Wildman–Crippen LogP) is 0.399. The maximum atomic E-state index is 10.5. The van der Waals surface area contributed by atoms with Gasteiger partial charge in [0.2, 0.25) is 6.08 Å². The molecule has 0 aliphatic heterocycles. The first-order valence-corrected chi connectivity index (χ1v) is 2.66. The Kier molecular flexibility index (Phi) is 3.84. The number of hydrogen-bond donors (Lipinski definition) is 0. The quantitative estimate of drug-likeness (QED) is 0.247. The second-order valence-corrected chi connectivity index (χ2v) is 1.37. The standard InChI is InChI=1S/C6H7NO3/c1-3-10-6(9)5(2)7-4-8/h2-3H2,1H3. The first-order chi connectivity index (χ1) is 4.72. The lowest BCUT2D eigenvalue weighted by molar-refractivity contribution is -0.138. The molecule has 0 rings (SSSR count). The monoisotopic (exact) mass is 141 g/mol. The van der Waals surface area contributed by atoms with Crippen molar-refractivity contribution in [2.45, 2.75) is 6.92 Å². The highest BCUT2D eigenvalue weighted by Gasteiger charge is 2.04. The fourth-order valence-electron chi connectivity index (χ4n) is 0.315. The number of aliphatic imine (C=N–C) groups is 1. The fraction of sp³-hybridized carbons (Fsp3) is 0.333. The van der Waals surface area contributed by atoms with Crippen LogP contribution >= 0.6 is 0 Å². The van der Waals surface area contributed by atoms with Crippen molar-refractivity contribution in [3.8, 4) is 0 Å². The fourth-order valence-corrected chi connectivity index (χ4v) is 0.315. The number of rotatable bonds is 3. The van der Waals surface area contributed by atoms with Crippen molar-refractivity contribution in [2.75, 3.05) is 6.61 Å². The highest BCUT2D eigenvalue weighted by atomic mass is 16.5. The van der Waals surface area contributed by atoms with Crippen LogP contribution in [0.1, 0.15) is 6.92 Å². The Morgan fingerprint density at radius 2 is 2.40 bits per heavy atom. The van der Waals surface area contributed by atoms with Gasteiger partial charge < -0.3 is 4.74 Å². The van der Waals surface area contributed by atoms with E-state index in [0.29, 0.717) is 0 Å². The zero-order valence-corrected chi connectivity index (χ0v) is 5.59. The first-order valence-electron chi connectivity index (χ1n) is 2.66. The summed E-state index contributed by atoms with van der Waals surface area (Å²) in [7, 11) is 0. The molecule has 0 aromatic rings. The summed E-state index contributed by atoms with van der Waals surface area (Å²) in [6.07, 6.45) is 1.18. The zero-order valence-electron chi connectivity index (χ0n) is 5.59. The molecule has 0 aliphatic carbocycles. The number of esters is 1. The molecule has 4 nitrogen and oxygen atoms in total. The molecule has 0 aromatic heterocycles. The smallest absolute Gasteiger partial charge is 0.357 e. The SMILES string of the molecule is C=C(N=C=O)C(=O)OCC. The molecule has 0 unspecified atom stereocenters. The molecule has 0 fully saturated rings. The van der Waals surface area contributed by atoms with E-state index < -0.39 is 5.97 Å². The third kappa shape index (κ3) is 2.79. The average Bonchev–Trinajstić information content (AvgIpc) is 1.89. The zero-order chi connectivity index (χ0) is 7.98. The molecule has 0 amide bonds. The molecule has 0 saturated heterocycles. The van der Waals surface area contributed by atoms with E-state index in [1.54, 1.807) is 6.92 Å². The number of isocyanates is 1. The van der Waals surface area contributed by atoms with Crippen LogP contribution in [0.3, 0.4) is 0 Å². The Bertz CT molecular complexity index is 191. The average molecular weight is 141 g/mol. The third-order valence-corrected chi connectivity index (χ3v) is 0.692. The summed E-state index contributed by atoms with van der Waals surface area (Å²) in [5.74, 6) is -0.689. The summed E-state index contributed by atoms with van der Waals surface area (Å²) in [6, 6.07) is 0. The largest absolute Gasteiger partial charge is 0.461 e. The number of hydrogen-bond acceptors (Lipinski definition) is 4. The van der Waals surface area contributed by atoms with E-state index in [1.165, 1.54) is 6.08 Å². The van der Waals surface area contributed by atoms with Crippen molar-refractivity contribution in [1.82, 2.24) is 0 Å². The summed E-state index contributed by atoms with van der Waals surface area (Å²) in [4.78, 5) is 23.1. The van der Waals surface area contributed by atoms with E-state index in [2.05, 4.69) is 16.3 Å². The summed E-state index contributed by atoms with van der Waals surface area (Å²) < 4.78 is 4.45. The van der Waals surface area contributed by atoms with Crippen LogP contribution in [0.2, 0.25) is 0 Å². The molecular formula is C6H7NO3. The van der Waals surface area contributed by atoms with Crippen LogP contribution in [0.15, 0.2) is 17.3 Å². The van der Waals surface area contributed by atoms with Gasteiger partial charge >= 0.3 is 5.97 Å². The van der Waals surface area contributed by atoms with Gasteiger partial charge in [-0.2, -0.15) is 4.99 Å². The third-order valence-electron chi connectivity index (χ3n) is 0.692. The van der Waals surface area contributed by atoms with Crippen LogP contribution in [0.25, 0.3) is 0 Å². The van der Waals surface area contributed by atoms with E-state index in [4.69, 9.17) is 0 Å². The Morgan fingerprint density at radius 1 is 1.80 bits per heavy atom. The minimum Gasteiger partial charge on any atom is -0.461 e. The van der Waals surface area contributed by atoms with Crippen molar-refractivity contribution in [3.05, 3.63) is 12.3 Å². The van der Waals surface area contributed by atoms with Gasteiger partial charge in [0.1, 0.15) is 0 Å². The number of carbonyl (C=O) groups excluding carboxylic acids is 2. The second-order valence-electron chi connectivity index (χ2n) is 1.37. The van der Waals surface area contributed by atoms with Crippen molar-refractivity contribution in [1.29, 1.82) is 0 Å². The van der Waals surface area contributed by atoms with Crippen molar-refractivity contribution in [2.24, 2.45) is 4.99 Å². The van der Waals surface area contributed by atoms with Gasteiger partial charge in [0.25, 0.3) is 0 Å². The molecule has 4 heteroatoms. The molecule has 10 heavy (non-hydrogen) atoms. The van der Waals surface area contributed by atoms with Gasteiger partial charge in [0.15, 0.2) is 5.70 Å². The van der Waals surface area contributed by atoms with Crippen molar-refractivity contribution >= 4 is 12.0 Å². The van der Waals surface area contributed by atoms with Gasteiger partial charge in [-0.3, -0.25) is 0 Å². The number of nitrogens with zero attached hydrogens (tertiary/aromatic N) is 1. The first kappa shape index (κ1) is 8.59. The molecular weight excluding hydrogens is 134 g/mol. The lowest BCUT2D eigenvalue weighted by atomic mass is 10.5. The van der Waals surface area contributed by atoms with Crippen LogP contribution in [-0.2, 0) is 14.3 Å². The Balaban J connectivity index is 3.95. The summed E-state index contributed by atoms with van der Waals surface area (Å²) in [6.45, 7) is 5.05. The lowest BCUT2D eigenvalue weighted by Crippen LogP contribution is -2.04. The highest BCUT2D eigenvalue weighted by molar-refractivity contribution is 5.88. The topological polar surface area (TPSA) is 55.7 Å². The van der Waals surface area contributed by atoms with Crippen LogP contribution in [0.4, 0.5) is 0 Å². The lowest BCUT2D eigenvalue weighted by Gasteiger charge is -1.96. The van der Waals surface area contributed by atoms with Gasteiger partial charge in [-0.25, -0.2) is 9.59 Å². The van der Waals surface area contributed by atoms with Crippen LogP contribution in [-0.4, -0.2) is 18.7 Å². The summed E-state index contributed by atoms with van der Waals surface area (Å²) in [5.41, 5.74) is -0.225. The molecule has 0 bridgehead atoms. The highest BCUT2D eigenvalue weighted by Crippen LogP contribution is 1.93. The second kappa shape index (κ2) is 4.47. The molecule has 0 saturated carbocycles. The van der Waals surface area contributed by atoms with Gasteiger partial charge in [0, 0.05) is 0 Å². The van der Waals surface area contributed by atoms with Gasteiger partial charge in [-0.15, -0.1) is 0 Å². The van der Waals surface area contributed by atoms with Crippen LogP contribution < -0.4 is 0 Å². The molecule has 0 atom stereocenters. The van der Waals surface area contributed by atoms with Crippen LogP contribution in [0.5, 0.6) is 0 Å². The van der Waals surface area contributed by atoms with Gasteiger partial charge in [-0.1, -0.05) is 6.58 Å². The summed E-state index contributed by atoms with van der Waals surface area (Å²) in [5, 5.41) is 0. The Labute approximate surface area is 58.2 Å². The van der Waals surface area contributed by atoms with Gasteiger partial charge in [0.05, 0.1) is 6.61 Å². The molecule has 0 aromatic carbocycles. The maximum Gasteiger partial charge on any atom is 0.357 e. The molecule has 0 heterocycles. The van der Waals surface area contributed by atoms with E-state index in [0.717, 1.165) is 0 Å². The van der Waals surface area contributed by atoms with Crippen molar-refractivity contribution in [3.63, 3.8) is 0 Å². The molecule has 0 radical (unpaired) electrons. The molecule has 0 spiro atoms.